The van der Waals surface area contributed by atoms with E-state index >= 15 is 0 Å². The predicted octanol–water partition coefficient (Wildman–Crippen LogP) is 2.52. The average Bonchev–Trinajstić information content (AvgIpc) is 2.18. The zero-order valence-electron chi connectivity index (χ0n) is 7.36. The van der Waals surface area contributed by atoms with Crippen LogP contribution in [0.4, 0.5) is 0 Å². The number of hydrogen-bond donors (Lipinski definition) is 0. The van der Waals surface area contributed by atoms with E-state index < -0.39 is 5.62 Å². The Balaban J connectivity index is 2.99. The summed E-state index contributed by atoms with van der Waals surface area (Å²) in [6.07, 6.45) is 0. The highest BCUT2D eigenvalue weighted by Crippen LogP contribution is 2.50. The van der Waals surface area contributed by atoms with Crippen LogP contribution < -0.4 is 10.0 Å². The van der Waals surface area contributed by atoms with Gasteiger partial charge in [0.15, 0.2) is 5.62 Å². The lowest BCUT2D eigenvalue weighted by Gasteiger charge is -2.11. The Bertz CT molecular complexity index is 325. The zero-order valence-corrected chi connectivity index (χ0v) is 9.83. The second kappa shape index (κ2) is 4.43. The van der Waals surface area contributed by atoms with Crippen LogP contribution in [0.1, 0.15) is 0 Å². The molecular formula is C8H10ClO2PS. The van der Waals surface area contributed by atoms with Gasteiger partial charge in [-0.1, -0.05) is 11.2 Å². The van der Waals surface area contributed by atoms with E-state index in [0.29, 0.717) is 0 Å². The van der Waals surface area contributed by atoms with Crippen molar-refractivity contribution in [1.29, 1.82) is 0 Å². The molecule has 0 aromatic heterocycles. The van der Waals surface area contributed by atoms with Crippen molar-refractivity contribution in [2.45, 2.75) is 0 Å². The molecule has 5 heteroatoms. The van der Waals surface area contributed by atoms with Crippen LogP contribution >= 0.6 is 16.9 Å². The minimum atomic E-state index is -2.31. The molecule has 1 rings (SSSR count). The molecule has 0 N–H and O–H groups in total. The lowest BCUT2D eigenvalue weighted by Crippen LogP contribution is -2.00. The second-order valence-electron chi connectivity index (χ2n) is 2.36. The van der Waals surface area contributed by atoms with Gasteiger partial charge in [-0.05, 0) is 36.1 Å². The molecule has 1 unspecified atom stereocenters. The number of benzene rings is 1. The Hall–Kier alpha value is -0.0800. The number of ether oxygens (including phenoxy) is 1. The Labute approximate surface area is 87.7 Å². The molecule has 0 fully saturated rings. The SMILES string of the molecule is COc1ccc(P(=S)(Cl)OC)cc1. The van der Waals surface area contributed by atoms with Gasteiger partial charge < -0.3 is 9.26 Å². The maximum Gasteiger partial charge on any atom is 0.180 e. The van der Waals surface area contributed by atoms with Crippen LogP contribution in [0.2, 0.25) is 0 Å². The highest BCUT2D eigenvalue weighted by molar-refractivity contribution is 8.28. The molecule has 0 heterocycles. The summed E-state index contributed by atoms with van der Waals surface area (Å²) in [5, 5.41) is 0.840. The van der Waals surface area contributed by atoms with Crippen LogP contribution in [0.5, 0.6) is 5.75 Å². The Kier molecular flexibility index (Phi) is 3.74. The van der Waals surface area contributed by atoms with Crippen LogP contribution in [0.25, 0.3) is 0 Å². The standard InChI is InChI=1S/C8H10ClO2PS/c1-10-7-3-5-8(6-4-7)12(9,13)11-2/h3-6H,1-2H3. The molecule has 1 aromatic rings. The fourth-order valence-corrected chi connectivity index (χ4v) is 2.28. The summed E-state index contributed by atoms with van der Waals surface area (Å²) in [6, 6.07) is 7.29. The molecule has 1 aromatic carbocycles. The first-order chi connectivity index (χ1) is 6.10. The summed E-state index contributed by atoms with van der Waals surface area (Å²) in [4.78, 5) is 0. The maximum atomic E-state index is 6.00. The molecule has 0 radical (unpaired) electrons. The molecule has 0 saturated heterocycles. The second-order valence-corrected chi connectivity index (χ2v) is 7.77. The molecule has 0 bridgehead atoms. The third-order valence-electron chi connectivity index (χ3n) is 1.62. The van der Waals surface area contributed by atoms with Gasteiger partial charge in [0.1, 0.15) is 5.75 Å². The molecule has 13 heavy (non-hydrogen) atoms. The van der Waals surface area contributed by atoms with Gasteiger partial charge in [0, 0.05) is 12.4 Å². The first-order valence-corrected chi connectivity index (χ1v) is 7.22. The third kappa shape index (κ3) is 2.68. The summed E-state index contributed by atoms with van der Waals surface area (Å²) in [7, 11) is 3.14. The van der Waals surface area contributed by atoms with Crippen molar-refractivity contribution in [3.8, 4) is 5.75 Å². The Morgan fingerprint density at radius 2 is 1.77 bits per heavy atom. The minimum absolute atomic E-state index is 0.784. The summed E-state index contributed by atoms with van der Waals surface area (Å²) in [5.41, 5.74) is -2.31. The molecule has 0 spiro atoms. The molecule has 0 aliphatic carbocycles. The number of hydrogen-bond acceptors (Lipinski definition) is 3. The monoisotopic (exact) mass is 236 g/mol. The van der Waals surface area contributed by atoms with Crippen LogP contribution in [0.15, 0.2) is 24.3 Å². The van der Waals surface area contributed by atoms with E-state index in [1.165, 1.54) is 7.11 Å². The fraction of sp³-hybridized carbons (Fsp3) is 0.250. The quantitative estimate of drug-likeness (QED) is 0.752. The topological polar surface area (TPSA) is 18.5 Å². The highest BCUT2D eigenvalue weighted by Gasteiger charge is 2.14. The van der Waals surface area contributed by atoms with Gasteiger partial charge in [-0.25, -0.2) is 0 Å². The smallest absolute Gasteiger partial charge is 0.180 e. The van der Waals surface area contributed by atoms with Crippen LogP contribution in [0.3, 0.4) is 0 Å². The lowest BCUT2D eigenvalue weighted by molar-refractivity contribution is 0.415. The van der Waals surface area contributed by atoms with Crippen molar-refractivity contribution < 1.29 is 9.26 Å². The first-order valence-electron chi connectivity index (χ1n) is 3.60. The van der Waals surface area contributed by atoms with Crippen molar-refractivity contribution in [3.63, 3.8) is 0 Å². The normalized spacial score (nSPS) is 15.0. The highest BCUT2D eigenvalue weighted by atomic mass is 35.7. The van der Waals surface area contributed by atoms with Gasteiger partial charge >= 0.3 is 0 Å². The van der Waals surface area contributed by atoms with Gasteiger partial charge in [0.05, 0.1) is 7.11 Å². The summed E-state index contributed by atoms with van der Waals surface area (Å²) >= 11 is 11.1. The number of halogens is 1. The number of methoxy groups -OCH3 is 1. The largest absolute Gasteiger partial charge is 0.497 e. The Morgan fingerprint density at radius 3 is 2.15 bits per heavy atom. The number of rotatable bonds is 3. The van der Waals surface area contributed by atoms with Crippen LogP contribution in [-0.4, -0.2) is 14.2 Å². The van der Waals surface area contributed by atoms with E-state index in [2.05, 4.69) is 0 Å². The Morgan fingerprint density at radius 1 is 1.23 bits per heavy atom. The van der Waals surface area contributed by atoms with Crippen molar-refractivity contribution in [2.24, 2.45) is 0 Å². The van der Waals surface area contributed by atoms with E-state index in [4.69, 9.17) is 32.3 Å². The summed E-state index contributed by atoms with van der Waals surface area (Å²) < 4.78 is 10.1. The third-order valence-corrected chi connectivity index (χ3v) is 5.08. The fourth-order valence-electron chi connectivity index (χ4n) is 0.866. The van der Waals surface area contributed by atoms with E-state index in [1.54, 1.807) is 7.11 Å². The van der Waals surface area contributed by atoms with Crippen molar-refractivity contribution in [1.82, 2.24) is 0 Å². The molecule has 72 valence electrons. The van der Waals surface area contributed by atoms with Crippen molar-refractivity contribution in [3.05, 3.63) is 24.3 Å². The molecule has 0 aliphatic heterocycles. The molecule has 2 nitrogen and oxygen atoms in total. The van der Waals surface area contributed by atoms with Crippen LogP contribution in [-0.2, 0) is 16.3 Å². The molecule has 0 saturated carbocycles. The van der Waals surface area contributed by atoms with Crippen LogP contribution in [0, 0.1) is 0 Å². The van der Waals surface area contributed by atoms with E-state index in [9.17, 15) is 0 Å². The minimum Gasteiger partial charge on any atom is -0.497 e. The van der Waals surface area contributed by atoms with Crippen molar-refractivity contribution >= 4 is 34.0 Å². The lowest BCUT2D eigenvalue weighted by atomic mass is 10.3. The first kappa shape index (κ1) is 11.0. The van der Waals surface area contributed by atoms with Gasteiger partial charge in [0.25, 0.3) is 0 Å². The van der Waals surface area contributed by atoms with Gasteiger partial charge in [-0.15, -0.1) is 0 Å². The van der Waals surface area contributed by atoms with Gasteiger partial charge in [0.2, 0.25) is 0 Å². The molecule has 0 aliphatic rings. The van der Waals surface area contributed by atoms with E-state index in [0.717, 1.165) is 11.1 Å². The zero-order chi connectivity index (χ0) is 9.90. The van der Waals surface area contributed by atoms with E-state index in [-0.39, 0.29) is 0 Å². The maximum absolute atomic E-state index is 6.00. The summed E-state index contributed by atoms with van der Waals surface area (Å²) in [5.74, 6) is 0.784. The summed E-state index contributed by atoms with van der Waals surface area (Å²) in [6.45, 7) is 0. The average molecular weight is 237 g/mol. The van der Waals surface area contributed by atoms with Gasteiger partial charge in [-0.2, -0.15) is 0 Å². The molecule has 0 amide bonds. The van der Waals surface area contributed by atoms with Gasteiger partial charge in [-0.3, -0.25) is 0 Å². The van der Waals surface area contributed by atoms with E-state index in [1.807, 2.05) is 24.3 Å². The van der Waals surface area contributed by atoms with Crippen molar-refractivity contribution in [2.75, 3.05) is 14.2 Å². The molecule has 1 atom stereocenters. The molecular weight excluding hydrogens is 227 g/mol. The predicted molar refractivity (Wildman–Crippen MR) is 59.8 cm³/mol.